The highest BCUT2D eigenvalue weighted by Crippen LogP contribution is 2.20. The molecule has 0 bridgehead atoms. The van der Waals surface area contributed by atoms with Gasteiger partial charge in [0.25, 0.3) is 0 Å². The minimum Gasteiger partial charge on any atom is -0.299 e. The van der Waals surface area contributed by atoms with Gasteiger partial charge in [0.05, 0.1) is 11.0 Å². The summed E-state index contributed by atoms with van der Waals surface area (Å²) >= 11 is 0. The molecule has 3 aromatic rings. The maximum absolute atomic E-state index is 4.42. The second-order valence-corrected chi connectivity index (χ2v) is 3.89. The van der Waals surface area contributed by atoms with E-state index in [2.05, 4.69) is 34.7 Å². The molecule has 0 saturated heterocycles. The Morgan fingerprint density at radius 1 is 0.938 bits per heavy atom. The largest absolute Gasteiger partial charge is 0.299 e. The van der Waals surface area contributed by atoms with Gasteiger partial charge in [-0.15, -0.1) is 0 Å². The van der Waals surface area contributed by atoms with Gasteiger partial charge in [-0.05, 0) is 30.7 Å². The third-order valence-corrected chi connectivity index (χ3v) is 2.80. The number of rotatable bonds is 1. The third-order valence-electron chi connectivity index (χ3n) is 2.80. The maximum Gasteiger partial charge on any atom is 0.100 e. The summed E-state index contributed by atoms with van der Waals surface area (Å²) in [6.45, 7) is 2.11. The molecule has 2 aromatic carbocycles. The molecule has 0 atom stereocenters. The van der Waals surface area contributed by atoms with Gasteiger partial charge in [-0.1, -0.05) is 30.3 Å². The van der Waals surface area contributed by atoms with E-state index in [-0.39, 0.29) is 0 Å². The van der Waals surface area contributed by atoms with Gasteiger partial charge in [-0.25, -0.2) is 4.98 Å². The van der Waals surface area contributed by atoms with E-state index in [1.165, 1.54) is 11.1 Å². The number of benzene rings is 2. The van der Waals surface area contributed by atoms with Crippen LogP contribution in [0.2, 0.25) is 0 Å². The number of fused-ring (bicyclic) bond motifs is 1. The van der Waals surface area contributed by atoms with Crippen LogP contribution in [0.15, 0.2) is 54.9 Å². The first-order valence-corrected chi connectivity index (χ1v) is 5.34. The number of nitrogens with zero attached hydrogens (tertiary/aromatic N) is 2. The zero-order valence-electron chi connectivity index (χ0n) is 9.09. The lowest BCUT2D eigenvalue weighted by Crippen LogP contribution is -1.92. The molecule has 0 aliphatic heterocycles. The molecule has 0 fully saturated rings. The van der Waals surface area contributed by atoms with Crippen molar-refractivity contribution in [3.63, 3.8) is 0 Å². The van der Waals surface area contributed by atoms with Crippen molar-refractivity contribution in [1.29, 1.82) is 0 Å². The Balaban J connectivity index is 2.33. The predicted octanol–water partition coefficient (Wildman–Crippen LogP) is 3.33. The Bertz CT molecular complexity index is 624. The fourth-order valence-electron chi connectivity index (χ4n) is 2.02. The SMILES string of the molecule is Cc1cccc2ncn(-c3ccccc3)c12. The molecule has 0 unspecified atom stereocenters. The van der Waals surface area contributed by atoms with E-state index in [0.717, 1.165) is 11.2 Å². The summed E-state index contributed by atoms with van der Waals surface area (Å²) in [7, 11) is 0. The topological polar surface area (TPSA) is 17.8 Å². The van der Waals surface area contributed by atoms with Crippen LogP contribution in [-0.2, 0) is 0 Å². The number of aromatic nitrogens is 2. The number of hydrogen-bond acceptors (Lipinski definition) is 1. The zero-order valence-corrected chi connectivity index (χ0v) is 9.09. The average molecular weight is 208 g/mol. The van der Waals surface area contributed by atoms with Crippen LogP contribution in [-0.4, -0.2) is 9.55 Å². The Morgan fingerprint density at radius 2 is 1.75 bits per heavy atom. The smallest absolute Gasteiger partial charge is 0.100 e. The summed E-state index contributed by atoms with van der Waals surface area (Å²) in [6, 6.07) is 16.5. The number of aryl methyl sites for hydroxylation is 1. The molecule has 1 heterocycles. The summed E-state index contributed by atoms with van der Waals surface area (Å²) in [5.74, 6) is 0. The highest BCUT2D eigenvalue weighted by atomic mass is 15.0. The molecule has 16 heavy (non-hydrogen) atoms. The van der Waals surface area contributed by atoms with Crippen molar-refractivity contribution in [2.75, 3.05) is 0 Å². The van der Waals surface area contributed by atoms with Crippen molar-refractivity contribution in [2.24, 2.45) is 0 Å². The van der Waals surface area contributed by atoms with E-state index in [4.69, 9.17) is 0 Å². The van der Waals surface area contributed by atoms with Gasteiger partial charge in [0.15, 0.2) is 0 Å². The van der Waals surface area contributed by atoms with Crippen LogP contribution in [0, 0.1) is 6.92 Å². The molecule has 0 radical (unpaired) electrons. The normalized spacial score (nSPS) is 10.8. The fraction of sp³-hybridized carbons (Fsp3) is 0.0714. The third kappa shape index (κ3) is 1.31. The van der Waals surface area contributed by atoms with Gasteiger partial charge in [-0.3, -0.25) is 4.57 Å². The monoisotopic (exact) mass is 208 g/mol. The van der Waals surface area contributed by atoms with Crippen LogP contribution in [0.1, 0.15) is 5.56 Å². The number of hydrogen-bond donors (Lipinski definition) is 0. The molecule has 0 aliphatic carbocycles. The lowest BCUT2D eigenvalue weighted by Gasteiger charge is -2.05. The van der Waals surface area contributed by atoms with Crippen molar-refractivity contribution in [3.05, 3.63) is 60.4 Å². The predicted molar refractivity (Wildman–Crippen MR) is 65.8 cm³/mol. The Hall–Kier alpha value is -2.09. The molecule has 78 valence electrons. The van der Waals surface area contributed by atoms with E-state index in [1.807, 2.05) is 36.7 Å². The summed E-state index contributed by atoms with van der Waals surface area (Å²) in [5, 5.41) is 0. The highest BCUT2D eigenvalue weighted by molar-refractivity contribution is 5.80. The first-order chi connectivity index (χ1) is 7.86. The molecule has 0 aliphatic rings. The van der Waals surface area contributed by atoms with Crippen molar-refractivity contribution in [2.45, 2.75) is 6.92 Å². The molecular weight excluding hydrogens is 196 g/mol. The fourth-order valence-corrected chi connectivity index (χ4v) is 2.02. The summed E-state index contributed by atoms with van der Waals surface area (Å²) in [4.78, 5) is 4.42. The van der Waals surface area contributed by atoms with Crippen molar-refractivity contribution in [1.82, 2.24) is 9.55 Å². The minimum atomic E-state index is 1.05. The second kappa shape index (κ2) is 3.49. The molecule has 1 aromatic heterocycles. The molecule has 0 N–H and O–H groups in total. The van der Waals surface area contributed by atoms with Crippen LogP contribution in [0.5, 0.6) is 0 Å². The Labute approximate surface area is 94.2 Å². The van der Waals surface area contributed by atoms with Crippen LogP contribution in [0.25, 0.3) is 16.7 Å². The quantitative estimate of drug-likeness (QED) is 0.599. The van der Waals surface area contributed by atoms with E-state index in [1.54, 1.807) is 0 Å². The van der Waals surface area contributed by atoms with Gasteiger partial charge in [0, 0.05) is 5.69 Å². The zero-order chi connectivity index (χ0) is 11.0. The summed E-state index contributed by atoms with van der Waals surface area (Å²) in [6.07, 6.45) is 1.88. The van der Waals surface area contributed by atoms with E-state index in [9.17, 15) is 0 Å². The minimum absolute atomic E-state index is 1.05. The van der Waals surface area contributed by atoms with Gasteiger partial charge in [0.1, 0.15) is 6.33 Å². The number of para-hydroxylation sites is 2. The lowest BCUT2D eigenvalue weighted by atomic mass is 10.2. The van der Waals surface area contributed by atoms with Gasteiger partial charge >= 0.3 is 0 Å². The van der Waals surface area contributed by atoms with Crippen LogP contribution in [0.3, 0.4) is 0 Å². The standard InChI is InChI=1S/C14H12N2/c1-11-6-5-9-13-14(11)16(10-15-13)12-7-3-2-4-8-12/h2-10H,1H3. The molecule has 0 spiro atoms. The first kappa shape index (κ1) is 9.16. The highest BCUT2D eigenvalue weighted by Gasteiger charge is 2.05. The molecule has 0 amide bonds. The van der Waals surface area contributed by atoms with E-state index in [0.29, 0.717) is 0 Å². The van der Waals surface area contributed by atoms with E-state index < -0.39 is 0 Å². The van der Waals surface area contributed by atoms with Crippen LogP contribution < -0.4 is 0 Å². The Kier molecular flexibility index (Phi) is 2.00. The maximum atomic E-state index is 4.42. The lowest BCUT2D eigenvalue weighted by molar-refractivity contribution is 1.09. The van der Waals surface area contributed by atoms with Gasteiger partial charge in [-0.2, -0.15) is 0 Å². The van der Waals surface area contributed by atoms with Crippen molar-refractivity contribution in [3.8, 4) is 5.69 Å². The molecule has 3 rings (SSSR count). The van der Waals surface area contributed by atoms with Crippen LogP contribution >= 0.6 is 0 Å². The summed E-state index contributed by atoms with van der Waals surface area (Å²) in [5.41, 5.74) is 4.63. The van der Waals surface area contributed by atoms with Gasteiger partial charge < -0.3 is 0 Å². The van der Waals surface area contributed by atoms with Crippen molar-refractivity contribution >= 4 is 11.0 Å². The van der Waals surface area contributed by atoms with Gasteiger partial charge in [0.2, 0.25) is 0 Å². The molecule has 0 saturated carbocycles. The average Bonchev–Trinajstić information content (AvgIpc) is 2.75. The first-order valence-electron chi connectivity index (χ1n) is 5.34. The van der Waals surface area contributed by atoms with Crippen molar-refractivity contribution < 1.29 is 0 Å². The second-order valence-electron chi connectivity index (χ2n) is 3.89. The molecule has 2 nitrogen and oxygen atoms in total. The summed E-state index contributed by atoms with van der Waals surface area (Å²) < 4.78 is 2.13. The van der Waals surface area contributed by atoms with Crippen LogP contribution in [0.4, 0.5) is 0 Å². The Morgan fingerprint density at radius 3 is 2.56 bits per heavy atom. The molecule has 2 heteroatoms. The van der Waals surface area contributed by atoms with E-state index >= 15 is 0 Å². The number of imidazole rings is 1. The molecular formula is C14H12N2.